The van der Waals surface area contributed by atoms with E-state index in [-0.39, 0.29) is 17.7 Å². The van der Waals surface area contributed by atoms with Gasteiger partial charge in [-0.05, 0) is 50.3 Å². The molecule has 2 heterocycles. The smallest absolute Gasteiger partial charge is 0.257 e. The summed E-state index contributed by atoms with van der Waals surface area (Å²) in [5.74, 6) is 0.649. The van der Waals surface area contributed by atoms with E-state index in [0.29, 0.717) is 23.4 Å². The Morgan fingerprint density at radius 2 is 2.10 bits per heavy atom. The lowest BCUT2D eigenvalue weighted by molar-refractivity contribution is 0.419. The van der Waals surface area contributed by atoms with Crippen LogP contribution >= 0.6 is 0 Å². The van der Waals surface area contributed by atoms with Crippen LogP contribution in [0.3, 0.4) is 0 Å². The highest BCUT2D eigenvalue weighted by atomic mass is 19.1. The van der Waals surface area contributed by atoms with Gasteiger partial charge < -0.3 is 4.52 Å². The van der Waals surface area contributed by atoms with Gasteiger partial charge in [-0.3, -0.25) is 9.36 Å². The summed E-state index contributed by atoms with van der Waals surface area (Å²) < 4.78 is 20.5. The Kier molecular flexibility index (Phi) is 5.26. The second kappa shape index (κ2) is 8.00. The van der Waals surface area contributed by atoms with Gasteiger partial charge in [-0.15, -0.1) is 0 Å². The third kappa shape index (κ3) is 3.70. The van der Waals surface area contributed by atoms with Gasteiger partial charge in [-0.2, -0.15) is 5.26 Å². The summed E-state index contributed by atoms with van der Waals surface area (Å²) in [7, 11) is 0. The number of nitriles is 1. The number of fused-ring (bicyclic) bond motifs is 1. The van der Waals surface area contributed by atoms with Crippen molar-refractivity contribution in [2.45, 2.75) is 52.0 Å². The molecule has 0 saturated carbocycles. The monoisotopic (exact) mass is 392 g/mol. The predicted octanol–water partition coefficient (Wildman–Crippen LogP) is 3.79. The van der Waals surface area contributed by atoms with Crippen LogP contribution in [-0.2, 0) is 25.8 Å². The van der Waals surface area contributed by atoms with Crippen molar-refractivity contribution in [2.24, 2.45) is 0 Å². The summed E-state index contributed by atoms with van der Waals surface area (Å²) in [6.45, 7) is 2.31. The first-order chi connectivity index (χ1) is 14.1. The number of rotatable bonds is 5. The van der Waals surface area contributed by atoms with E-state index in [9.17, 15) is 14.4 Å². The van der Waals surface area contributed by atoms with Crippen LogP contribution in [0.1, 0.15) is 54.5 Å². The molecule has 1 aliphatic carbocycles. The van der Waals surface area contributed by atoms with Crippen molar-refractivity contribution in [3.05, 3.63) is 68.8 Å². The van der Waals surface area contributed by atoms with Gasteiger partial charge in [-0.25, -0.2) is 9.37 Å². The Morgan fingerprint density at radius 3 is 2.90 bits per heavy atom. The van der Waals surface area contributed by atoms with Crippen molar-refractivity contribution in [1.82, 2.24) is 14.7 Å². The SMILES string of the molecule is CCCc1nc2c(c(=O)n1Cc1cc(-c3ccc(F)cc3C#N)on1)CCCC2. The Labute approximate surface area is 167 Å². The summed E-state index contributed by atoms with van der Waals surface area (Å²) >= 11 is 0. The molecule has 0 fully saturated rings. The largest absolute Gasteiger partial charge is 0.356 e. The quantitative estimate of drug-likeness (QED) is 0.660. The highest BCUT2D eigenvalue weighted by Crippen LogP contribution is 2.25. The van der Waals surface area contributed by atoms with Crippen LogP contribution in [-0.4, -0.2) is 14.7 Å². The molecule has 0 bridgehead atoms. The molecule has 7 heteroatoms. The molecule has 0 amide bonds. The molecule has 0 N–H and O–H groups in total. The maximum Gasteiger partial charge on any atom is 0.257 e. The second-order valence-electron chi connectivity index (χ2n) is 7.29. The molecule has 0 spiro atoms. The summed E-state index contributed by atoms with van der Waals surface area (Å²) in [5.41, 5.74) is 2.95. The summed E-state index contributed by atoms with van der Waals surface area (Å²) in [6, 6.07) is 7.59. The average Bonchev–Trinajstić information content (AvgIpc) is 3.19. The van der Waals surface area contributed by atoms with Crippen molar-refractivity contribution >= 4 is 0 Å². The van der Waals surface area contributed by atoms with E-state index in [0.717, 1.165) is 55.3 Å². The number of hydrogen-bond acceptors (Lipinski definition) is 5. The maximum atomic E-state index is 13.4. The molecule has 0 unspecified atom stereocenters. The summed E-state index contributed by atoms with van der Waals surface area (Å²) in [5, 5.41) is 13.3. The van der Waals surface area contributed by atoms with Crippen LogP contribution in [0, 0.1) is 17.1 Å². The van der Waals surface area contributed by atoms with Crippen LogP contribution in [0.5, 0.6) is 0 Å². The minimum Gasteiger partial charge on any atom is -0.356 e. The van der Waals surface area contributed by atoms with Gasteiger partial charge in [-0.1, -0.05) is 12.1 Å². The van der Waals surface area contributed by atoms with Gasteiger partial charge in [0.15, 0.2) is 5.76 Å². The standard InChI is InChI=1S/C22H21FN4O2/c1-2-5-21-25-19-7-4-3-6-18(19)22(28)27(21)13-16-11-20(29-26-16)17-9-8-15(23)10-14(17)12-24/h8-11H,2-7,13H2,1H3. The zero-order chi connectivity index (χ0) is 20.4. The predicted molar refractivity (Wildman–Crippen MR) is 105 cm³/mol. The van der Waals surface area contributed by atoms with E-state index in [1.165, 1.54) is 12.1 Å². The number of hydrogen-bond donors (Lipinski definition) is 0. The van der Waals surface area contributed by atoms with E-state index in [4.69, 9.17) is 9.51 Å². The lowest BCUT2D eigenvalue weighted by Gasteiger charge is -2.19. The minimum atomic E-state index is -0.485. The molecule has 3 aromatic rings. The Balaban J connectivity index is 1.71. The molecular weight excluding hydrogens is 371 g/mol. The van der Waals surface area contributed by atoms with E-state index >= 15 is 0 Å². The maximum absolute atomic E-state index is 13.4. The lowest BCUT2D eigenvalue weighted by atomic mass is 9.97. The lowest BCUT2D eigenvalue weighted by Crippen LogP contribution is -2.32. The molecule has 2 aromatic heterocycles. The Hall–Kier alpha value is -3.27. The second-order valence-corrected chi connectivity index (χ2v) is 7.29. The Morgan fingerprint density at radius 1 is 1.28 bits per heavy atom. The molecule has 6 nitrogen and oxygen atoms in total. The fourth-order valence-corrected chi connectivity index (χ4v) is 3.82. The molecule has 0 saturated heterocycles. The molecule has 0 aliphatic heterocycles. The van der Waals surface area contributed by atoms with Gasteiger partial charge in [0.1, 0.15) is 17.3 Å². The molecule has 4 rings (SSSR count). The number of nitrogens with zero attached hydrogens (tertiary/aromatic N) is 4. The van der Waals surface area contributed by atoms with Crippen molar-refractivity contribution in [1.29, 1.82) is 5.26 Å². The van der Waals surface area contributed by atoms with Crippen LogP contribution in [0.2, 0.25) is 0 Å². The van der Waals surface area contributed by atoms with Crippen molar-refractivity contribution < 1.29 is 8.91 Å². The first kappa shape index (κ1) is 19.1. The molecule has 1 aromatic carbocycles. The average molecular weight is 392 g/mol. The molecule has 148 valence electrons. The van der Waals surface area contributed by atoms with Crippen LogP contribution in [0.25, 0.3) is 11.3 Å². The zero-order valence-electron chi connectivity index (χ0n) is 16.2. The van der Waals surface area contributed by atoms with E-state index in [2.05, 4.69) is 12.1 Å². The van der Waals surface area contributed by atoms with Crippen molar-refractivity contribution in [3.63, 3.8) is 0 Å². The molecule has 1 aliphatic rings. The molecule has 0 radical (unpaired) electrons. The fourth-order valence-electron chi connectivity index (χ4n) is 3.82. The molecular formula is C22H21FN4O2. The molecule has 29 heavy (non-hydrogen) atoms. The molecule has 0 atom stereocenters. The first-order valence-corrected chi connectivity index (χ1v) is 9.87. The fraction of sp³-hybridized carbons (Fsp3) is 0.364. The van der Waals surface area contributed by atoms with Crippen LogP contribution < -0.4 is 5.56 Å². The zero-order valence-corrected chi connectivity index (χ0v) is 16.2. The van der Waals surface area contributed by atoms with Gasteiger partial charge in [0, 0.05) is 23.6 Å². The van der Waals surface area contributed by atoms with Crippen molar-refractivity contribution in [3.8, 4) is 17.4 Å². The van der Waals surface area contributed by atoms with Crippen molar-refractivity contribution in [2.75, 3.05) is 0 Å². The number of aryl methyl sites for hydroxylation is 2. The Bertz CT molecular complexity index is 1160. The van der Waals surface area contributed by atoms with Gasteiger partial charge >= 0.3 is 0 Å². The van der Waals surface area contributed by atoms with Crippen LogP contribution in [0.15, 0.2) is 33.6 Å². The van der Waals surface area contributed by atoms with Gasteiger partial charge in [0.25, 0.3) is 5.56 Å². The number of benzene rings is 1. The van der Waals surface area contributed by atoms with Gasteiger partial charge in [0.05, 0.1) is 23.9 Å². The van der Waals surface area contributed by atoms with E-state index in [1.54, 1.807) is 10.6 Å². The number of halogens is 1. The third-order valence-corrected chi connectivity index (χ3v) is 5.24. The summed E-state index contributed by atoms with van der Waals surface area (Å²) in [4.78, 5) is 17.9. The third-order valence-electron chi connectivity index (χ3n) is 5.24. The highest BCUT2D eigenvalue weighted by Gasteiger charge is 2.20. The topological polar surface area (TPSA) is 84.7 Å². The van der Waals surface area contributed by atoms with Crippen LogP contribution in [0.4, 0.5) is 4.39 Å². The van der Waals surface area contributed by atoms with E-state index < -0.39 is 5.82 Å². The summed E-state index contributed by atoms with van der Waals surface area (Å²) in [6.07, 6.45) is 5.30. The highest BCUT2D eigenvalue weighted by molar-refractivity contribution is 5.66. The number of aromatic nitrogens is 3. The van der Waals surface area contributed by atoms with E-state index in [1.807, 2.05) is 6.07 Å². The minimum absolute atomic E-state index is 0.00203. The normalized spacial score (nSPS) is 13.1. The first-order valence-electron chi connectivity index (χ1n) is 9.87. The van der Waals surface area contributed by atoms with Gasteiger partial charge in [0.2, 0.25) is 0 Å².